The zero-order valence-electron chi connectivity index (χ0n) is 16.4. The molecule has 0 saturated heterocycles. The van der Waals surface area contributed by atoms with Crippen LogP contribution in [-0.2, 0) is 9.59 Å². The minimum Gasteiger partial charge on any atom is -0.484 e. The molecule has 0 aliphatic carbocycles. The number of halogens is 1. The summed E-state index contributed by atoms with van der Waals surface area (Å²) in [5.41, 5.74) is 1.29. The van der Waals surface area contributed by atoms with Gasteiger partial charge in [0.2, 0.25) is 5.43 Å². The van der Waals surface area contributed by atoms with E-state index in [-0.39, 0.29) is 18.5 Å². The molecule has 0 saturated carbocycles. The maximum Gasteiger partial charge on any atom is 0.326 e. The Morgan fingerprint density at radius 3 is 2.53 bits per heavy atom. The van der Waals surface area contributed by atoms with Gasteiger partial charge >= 0.3 is 5.97 Å². The second-order valence-electron chi connectivity index (χ2n) is 6.68. The number of aryl methyl sites for hydroxylation is 1. The zero-order valence-corrected chi connectivity index (χ0v) is 17.2. The first-order chi connectivity index (χ1) is 14.3. The molecule has 0 radical (unpaired) electrons. The lowest BCUT2D eigenvalue weighted by atomic mass is 10.0. The first-order valence-electron chi connectivity index (χ1n) is 9.28. The van der Waals surface area contributed by atoms with Crippen LogP contribution in [0.2, 0.25) is 5.02 Å². The van der Waals surface area contributed by atoms with Crippen LogP contribution in [0.4, 0.5) is 0 Å². The molecule has 0 aliphatic heterocycles. The Kier molecular flexibility index (Phi) is 6.42. The van der Waals surface area contributed by atoms with Crippen LogP contribution in [0, 0.1) is 6.92 Å². The monoisotopic (exact) mass is 429 g/mol. The summed E-state index contributed by atoms with van der Waals surface area (Å²) in [5.74, 6) is -0.898. The number of carbonyl (C=O) groups is 2. The fourth-order valence-electron chi connectivity index (χ4n) is 3.05. The third-order valence-corrected chi connectivity index (χ3v) is 4.84. The highest BCUT2D eigenvalue weighted by Gasteiger charge is 2.18. The Balaban J connectivity index is 1.83. The van der Waals surface area contributed by atoms with Crippen molar-refractivity contribution in [3.05, 3.63) is 63.5 Å². The normalized spacial score (nSPS) is 11.8. The first-order valence-corrected chi connectivity index (χ1v) is 9.66. The van der Waals surface area contributed by atoms with Crippen molar-refractivity contribution in [3.63, 3.8) is 0 Å². The molecular weight excluding hydrogens is 410 g/mol. The van der Waals surface area contributed by atoms with Crippen LogP contribution in [0.15, 0.2) is 51.7 Å². The largest absolute Gasteiger partial charge is 0.484 e. The molecule has 0 unspecified atom stereocenters. The van der Waals surface area contributed by atoms with Crippen molar-refractivity contribution in [2.45, 2.75) is 26.3 Å². The van der Waals surface area contributed by atoms with Gasteiger partial charge in [-0.1, -0.05) is 30.7 Å². The number of hydrogen-bond donors (Lipinski definition) is 2. The number of amides is 1. The highest BCUT2D eigenvalue weighted by Crippen LogP contribution is 2.27. The van der Waals surface area contributed by atoms with Crippen molar-refractivity contribution in [2.24, 2.45) is 0 Å². The van der Waals surface area contributed by atoms with Gasteiger partial charge in [0.1, 0.15) is 23.1 Å². The molecule has 2 aromatic carbocycles. The maximum atomic E-state index is 13.0. The van der Waals surface area contributed by atoms with Crippen molar-refractivity contribution in [2.75, 3.05) is 6.61 Å². The van der Waals surface area contributed by atoms with Crippen molar-refractivity contribution < 1.29 is 23.8 Å². The van der Waals surface area contributed by atoms with Gasteiger partial charge in [-0.15, -0.1) is 0 Å². The van der Waals surface area contributed by atoms with E-state index in [9.17, 15) is 14.4 Å². The SMILES string of the molecule is CC[C@@H](NC(=O)COc1ccc2c(=O)c(-c3ccc(Cl)cc3)c(C)oc2c1)C(=O)O. The number of aliphatic carboxylic acids is 1. The summed E-state index contributed by atoms with van der Waals surface area (Å²) < 4.78 is 11.3. The topological polar surface area (TPSA) is 106 Å². The number of carboxylic acid groups (broad SMARTS) is 1. The third-order valence-electron chi connectivity index (χ3n) is 4.58. The van der Waals surface area contributed by atoms with Crippen LogP contribution in [-0.4, -0.2) is 29.6 Å². The van der Waals surface area contributed by atoms with Crippen LogP contribution >= 0.6 is 11.6 Å². The van der Waals surface area contributed by atoms with Crippen molar-refractivity contribution in [3.8, 4) is 16.9 Å². The summed E-state index contributed by atoms with van der Waals surface area (Å²) in [4.78, 5) is 35.9. The molecule has 8 heteroatoms. The third kappa shape index (κ3) is 4.63. The number of benzene rings is 2. The van der Waals surface area contributed by atoms with Crippen LogP contribution < -0.4 is 15.5 Å². The molecule has 0 spiro atoms. The van der Waals surface area contributed by atoms with Gasteiger partial charge in [0, 0.05) is 11.1 Å². The predicted octanol–water partition coefficient (Wildman–Crippen LogP) is 3.78. The van der Waals surface area contributed by atoms with Crippen LogP contribution in [0.1, 0.15) is 19.1 Å². The van der Waals surface area contributed by atoms with E-state index in [1.807, 2.05) is 0 Å². The van der Waals surface area contributed by atoms with Crippen LogP contribution in [0.3, 0.4) is 0 Å². The fraction of sp³-hybridized carbons (Fsp3) is 0.227. The lowest BCUT2D eigenvalue weighted by Crippen LogP contribution is -2.42. The Morgan fingerprint density at radius 2 is 1.90 bits per heavy atom. The van der Waals surface area contributed by atoms with Gasteiger partial charge < -0.3 is 19.6 Å². The second kappa shape index (κ2) is 9.00. The quantitative estimate of drug-likeness (QED) is 0.592. The lowest BCUT2D eigenvalue weighted by molar-refractivity contribution is -0.142. The number of fused-ring (bicyclic) bond motifs is 1. The van der Waals surface area contributed by atoms with Gasteiger partial charge in [-0.2, -0.15) is 0 Å². The van der Waals surface area contributed by atoms with Gasteiger partial charge in [0.15, 0.2) is 6.61 Å². The van der Waals surface area contributed by atoms with Gasteiger partial charge in [-0.3, -0.25) is 9.59 Å². The molecule has 2 N–H and O–H groups in total. The number of carboxylic acids is 1. The minimum absolute atomic E-state index is 0.187. The molecule has 0 bridgehead atoms. The van der Waals surface area contributed by atoms with E-state index in [1.54, 1.807) is 50.2 Å². The first kappa shape index (κ1) is 21.4. The Hall–Kier alpha value is -3.32. The number of ether oxygens (including phenoxy) is 1. The Bertz CT molecular complexity index is 1150. The smallest absolute Gasteiger partial charge is 0.326 e. The maximum absolute atomic E-state index is 13.0. The number of nitrogens with one attached hydrogen (secondary N) is 1. The molecule has 7 nitrogen and oxygen atoms in total. The average molecular weight is 430 g/mol. The van der Waals surface area contributed by atoms with E-state index >= 15 is 0 Å². The van der Waals surface area contributed by atoms with E-state index < -0.39 is 17.9 Å². The zero-order chi connectivity index (χ0) is 21.8. The van der Waals surface area contributed by atoms with E-state index in [2.05, 4.69) is 5.32 Å². The summed E-state index contributed by atoms with van der Waals surface area (Å²) in [6.07, 6.45) is 0.261. The summed E-state index contributed by atoms with van der Waals surface area (Å²) in [5, 5.41) is 12.3. The Labute approximate surface area is 177 Å². The van der Waals surface area contributed by atoms with Gasteiger partial charge in [-0.25, -0.2) is 4.79 Å². The van der Waals surface area contributed by atoms with Crippen molar-refractivity contribution in [1.29, 1.82) is 0 Å². The van der Waals surface area contributed by atoms with E-state index in [0.717, 1.165) is 0 Å². The summed E-state index contributed by atoms with van der Waals surface area (Å²) in [6.45, 7) is 3.00. The number of rotatable bonds is 7. The highest BCUT2D eigenvalue weighted by atomic mass is 35.5. The molecule has 1 heterocycles. The van der Waals surface area contributed by atoms with Gasteiger partial charge in [0.25, 0.3) is 5.91 Å². The molecule has 3 rings (SSSR count). The lowest BCUT2D eigenvalue weighted by Gasteiger charge is -2.13. The molecule has 0 fully saturated rings. The molecule has 30 heavy (non-hydrogen) atoms. The molecule has 1 amide bonds. The van der Waals surface area contributed by atoms with E-state index in [1.165, 1.54) is 6.07 Å². The summed E-state index contributed by atoms with van der Waals surface area (Å²) >= 11 is 5.92. The standard InChI is InChI=1S/C22H20ClNO6/c1-3-17(22(27)28)24-19(25)11-29-15-8-9-16-18(10-15)30-12(2)20(21(16)26)13-4-6-14(23)7-5-13/h4-10,17H,3,11H2,1-2H3,(H,24,25)(H,27,28)/t17-/m1/s1. The van der Waals surface area contributed by atoms with Gasteiger partial charge in [-0.05, 0) is 43.2 Å². The highest BCUT2D eigenvalue weighted by molar-refractivity contribution is 6.30. The molecule has 156 valence electrons. The second-order valence-corrected chi connectivity index (χ2v) is 7.12. The molecule has 3 aromatic rings. The predicted molar refractivity (Wildman–Crippen MR) is 113 cm³/mol. The van der Waals surface area contributed by atoms with Crippen molar-refractivity contribution in [1.82, 2.24) is 5.32 Å². The van der Waals surface area contributed by atoms with Crippen LogP contribution in [0.25, 0.3) is 22.1 Å². The van der Waals surface area contributed by atoms with Crippen LogP contribution in [0.5, 0.6) is 5.75 Å². The van der Waals surface area contributed by atoms with Gasteiger partial charge in [0.05, 0.1) is 10.9 Å². The average Bonchev–Trinajstić information content (AvgIpc) is 2.71. The Morgan fingerprint density at radius 1 is 1.20 bits per heavy atom. The summed E-state index contributed by atoms with van der Waals surface area (Å²) in [7, 11) is 0. The molecule has 0 aliphatic rings. The van der Waals surface area contributed by atoms with E-state index in [0.29, 0.717) is 38.6 Å². The number of carbonyl (C=O) groups excluding carboxylic acids is 1. The molecule has 1 aromatic heterocycles. The molecule has 1 atom stereocenters. The fourth-order valence-corrected chi connectivity index (χ4v) is 3.18. The van der Waals surface area contributed by atoms with Crippen molar-refractivity contribution >= 4 is 34.4 Å². The molecular formula is C22H20ClNO6. The number of hydrogen-bond acceptors (Lipinski definition) is 5. The summed E-state index contributed by atoms with van der Waals surface area (Å²) in [6, 6.07) is 10.6. The van der Waals surface area contributed by atoms with E-state index in [4.69, 9.17) is 25.9 Å². The minimum atomic E-state index is -1.11.